The number of piperazine rings is 1. The largest absolute Gasteiger partial charge is 0.491 e. The highest BCUT2D eigenvalue weighted by atomic mass is 32.1. The number of benzene rings is 1. The van der Waals surface area contributed by atoms with Crippen molar-refractivity contribution in [2.45, 2.75) is 13.0 Å². The molecule has 1 aliphatic heterocycles. The van der Waals surface area contributed by atoms with Crippen LogP contribution in [0.3, 0.4) is 0 Å². The van der Waals surface area contributed by atoms with Crippen molar-refractivity contribution in [3.05, 3.63) is 41.4 Å². The number of thiazole rings is 1. The molecule has 1 aliphatic rings. The lowest BCUT2D eigenvalue weighted by Crippen LogP contribution is -2.49. The molecule has 124 valence electrons. The summed E-state index contributed by atoms with van der Waals surface area (Å²) in [5.41, 5.74) is 1.20. The molecule has 5 nitrogen and oxygen atoms in total. The lowest BCUT2D eigenvalue weighted by molar-refractivity contribution is 0.0663. The number of hydrogen-bond acceptors (Lipinski definition) is 6. The summed E-state index contributed by atoms with van der Waals surface area (Å²) in [4.78, 5) is 8.94. The molecule has 1 aromatic heterocycles. The molecule has 1 aromatic carbocycles. The van der Waals surface area contributed by atoms with Crippen molar-refractivity contribution in [2.75, 3.05) is 44.2 Å². The minimum atomic E-state index is -0.470. The van der Waals surface area contributed by atoms with Gasteiger partial charge in [-0.25, -0.2) is 4.98 Å². The van der Waals surface area contributed by atoms with E-state index in [2.05, 4.69) is 14.8 Å². The molecule has 0 radical (unpaired) electrons. The fourth-order valence-corrected chi connectivity index (χ4v) is 3.37. The van der Waals surface area contributed by atoms with Crippen LogP contribution in [0.5, 0.6) is 5.75 Å². The molecule has 3 rings (SSSR count). The maximum absolute atomic E-state index is 10.2. The van der Waals surface area contributed by atoms with Crippen LogP contribution in [-0.2, 0) is 0 Å². The molecule has 1 N–H and O–H groups in total. The molecule has 0 spiro atoms. The van der Waals surface area contributed by atoms with E-state index in [1.165, 1.54) is 5.56 Å². The number of aromatic nitrogens is 1. The average Bonchev–Trinajstić information content (AvgIpc) is 3.09. The number of β-amino-alcohol motifs (C(OH)–C–C–N with tert-alkyl or cyclic N) is 1. The third-order valence-corrected chi connectivity index (χ3v) is 4.83. The molecule has 0 aliphatic carbocycles. The van der Waals surface area contributed by atoms with Crippen molar-refractivity contribution < 1.29 is 9.84 Å². The van der Waals surface area contributed by atoms with Crippen molar-refractivity contribution in [1.29, 1.82) is 0 Å². The molecule has 1 unspecified atom stereocenters. The lowest BCUT2D eigenvalue weighted by atomic mass is 10.2. The van der Waals surface area contributed by atoms with Crippen LogP contribution >= 0.6 is 11.3 Å². The zero-order valence-corrected chi connectivity index (χ0v) is 14.2. The Morgan fingerprint density at radius 2 is 1.96 bits per heavy atom. The highest BCUT2D eigenvalue weighted by molar-refractivity contribution is 7.13. The van der Waals surface area contributed by atoms with Crippen LogP contribution in [0.4, 0.5) is 5.13 Å². The van der Waals surface area contributed by atoms with E-state index in [1.807, 2.05) is 42.8 Å². The summed E-state index contributed by atoms with van der Waals surface area (Å²) in [7, 11) is 0. The average molecular weight is 333 g/mol. The zero-order chi connectivity index (χ0) is 16.1. The molecule has 2 aromatic rings. The number of rotatable bonds is 6. The van der Waals surface area contributed by atoms with E-state index in [1.54, 1.807) is 11.3 Å². The van der Waals surface area contributed by atoms with Gasteiger partial charge in [-0.1, -0.05) is 17.7 Å². The second-order valence-corrected chi connectivity index (χ2v) is 6.75. The molecule has 2 heterocycles. The maximum atomic E-state index is 10.2. The van der Waals surface area contributed by atoms with Gasteiger partial charge in [-0.2, -0.15) is 0 Å². The minimum absolute atomic E-state index is 0.329. The Morgan fingerprint density at radius 3 is 2.61 bits per heavy atom. The van der Waals surface area contributed by atoms with Crippen LogP contribution in [0.25, 0.3) is 0 Å². The number of nitrogens with zero attached hydrogens (tertiary/aromatic N) is 3. The first-order valence-corrected chi connectivity index (χ1v) is 8.83. The van der Waals surface area contributed by atoms with Crippen molar-refractivity contribution >= 4 is 16.5 Å². The number of anilines is 1. The summed E-state index contributed by atoms with van der Waals surface area (Å²) in [6.45, 7) is 6.83. The normalized spacial score (nSPS) is 17.2. The number of ether oxygens (including phenoxy) is 1. The van der Waals surface area contributed by atoms with Gasteiger partial charge in [0.2, 0.25) is 0 Å². The molecule has 1 saturated heterocycles. The standard InChI is InChI=1S/C17H23N3O2S/c1-14-2-4-16(5-3-14)22-13-15(21)12-19-7-9-20(10-8-19)17-18-6-11-23-17/h2-6,11,15,21H,7-10,12-13H2,1H3. The molecule has 6 heteroatoms. The second-order valence-electron chi connectivity index (χ2n) is 5.88. The summed E-state index contributed by atoms with van der Waals surface area (Å²) in [5, 5.41) is 13.3. The van der Waals surface area contributed by atoms with Crippen molar-refractivity contribution in [3.63, 3.8) is 0 Å². The van der Waals surface area contributed by atoms with Crippen LogP contribution in [0.2, 0.25) is 0 Å². The van der Waals surface area contributed by atoms with E-state index >= 15 is 0 Å². The van der Waals surface area contributed by atoms with Crippen LogP contribution < -0.4 is 9.64 Å². The highest BCUT2D eigenvalue weighted by Gasteiger charge is 2.20. The van der Waals surface area contributed by atoms with Gasteiger partial charge in [0.1, 0.15) is 18.5 Å². The van der Waals surface area contributed by atoms with Gasteiger partial charge >= 0.3 is 0 Å². The molecule has 1 atom stereocenters. The second kappa shape index (κ2) is 7.77. The zero-order valence-electron chi connectivity index (χ0n) is 13.4. The Labute approximate surface area is 141 Å². The first-order valence-electron chi connectivity index (χ1n) is 7.95. The summed E-state index contributed by atoms with van der Waals surface area (Å²) < 4.78 is 5.65. The van der Waals surface area contributed by atoms with Gasteiger partial charge in [-0.15, -0.1) is 11.3 Å². The highest BCUT2D eigenvalue weighted by Crippen LogP contribution is 2.19. The van der Waals surface area contributed by atoms with Crippen LogP contribution in [0.15, 0.2) is 35.8 Å². The van der Waals surface area contributed by atoms with Gasteiger partial charge in [-0.05, 0) is 19.1 Å². The van der Waals surface area contributed by atoms with E-state index in [0.717, 1.165) is 37.1 Å². The number of aliphatic hydroxyl groups is 1. The van der Waals surface area contributed by atoms with Crippen molar-refractivity contribution in [1.82, 2.24) is 9.88 Å². The Kier molecular flexibility index (Phi) is 5.48. The SMILES string of the molecule is Cc1ccc(OCC(O)CN2CCN(c3nccs3)CC2)cc1. The summed E-state index contributed by atoms with van der Waals surface area (Å²) >= 11 is 1.68. The first kappa shape index (κ1) is 16.2. The Hall–Kier alpha value is -1.63. The monoisotopic (exact) mass is 333 g/mol. The quantitative estimate of drug-likeness (QED) is 0.876. The number of hydrogen-bond donors (Lipinski definition) is 1. The van der Waals surface area contributed by atoms with Crippen LogP contribution in [-0.4, -0.2) is 60.4 Å². The topological polar surface area (TPSA) is 48.8 Å². The van der Waals surface area contributed by atoms with Crippen molar-refractivity contribution in [2.24, 2.45) is 0 Å². The number of aliphatic hydroxyl groups excluding tert-OH is 1. The van der Waals surface area contributed by atoms with E-state index in [4.69, 9.17) is 4.74 Å². The molecule has 1 fully saturated rings. The van der Waals surface area contributed by atoms with Crippen LogP contribution in [0.1, 0.15) is 5.56 Å². The predicted molar refractivity (Wildman–Crippen MR) is 93.4 cm³/mol. The third kappa shape index (κ3) is 4.67. The van der Waals surface area contributed by atoms with Crippen LogP contribution in [0, 0.1) is 6.92 Å². The van der Waals surface area contributed by atoms with Gasteiger partial charge in [0.15, 0.2) is 5.13 Å². The first-order chi connectivity index (χ1) is 11.2. The molecular formula is C17H23N3O2S. The molecule has 0 bridgehead atoms. The lowest BCUT2D eigenvalue weighted by Gasteiger charge is -2.35. The fraction of sp³-hybridized carbons (Fsp3) is 0.471. The Balaban J connectivity index is 1.39. The van der Waals surface area contributed by atoms with Gasteiger partial charge in [0.05, 0.1) is 0 Å². The van der Waals surface area contributed by atoms with E-state index in [-0.39, 0.29) is 0 Å². The van der Waals surface area contributed by atoms with Gasteiger partial charge in [-0.3, -0.25) is 4.90 Å². The Morgan fingerprint density at radius 1 is 1.22 bits per heavy atom. The van der Waals surface area contributed by atoms with Gasteiger partial charge < -0.3 is 14.7 Å². The Bertz CT molecular complexity index is 580. The minimum Gasteiger partial charge on any atom is -0.491 e. The fourth-order valence-electron chi connectivity index (χ4n) is 2.67. The van der Waals surface area contributed by atoms with Gasteiger partial charge in [0.25, 0.3) is 0 Å². The smallest absolute Gasteiger partial charge is 0.185 e. The van der Waals surface area contributed by atoms with E-state index in [9.17, 15) is 5.11 Å². The third-order valence-electron chi connectivity index (χ3n) is 3.99. The van der Waals surface area contributed by atoms with E-state index < -0.39 is 6.10 Å². The number of aryl methyl sites for hydroxylation is 1. The summed E-state index contributed by atoms with van der Waals surface area (Å²) in [6, 6.07) is 7.91. The van der Waals surface area contributed by atoms with Crippen molar-refractivity contribution in [3.8, 4) is 5.75 Å². The van der Waals surface area contributed by atoms with Gasteiger partial charge in [0, 0.05) is 44.3 Å². The molecule has 0 saturated carbocycles. The molecule has 0 amide bonds. The summed E-state index contributed by atoms with van der Waals surface area (Å²) in [6.07, 6.45) is 1.38. The maximum Gasteiger partial charge on any atom is 0.185 e. The molecule has 23 heavy (non-hydrogen) atoms. The molecular weight excluding hydrogens is 310 g/mol. The van der Waals surface area contributed by atoms with E-state index in [0.29, 0.717) is 13.2 Å². The predicted octanol–water partition coefficient (Wildman–Crippen LogP) is 2.01. The summed E-state index contributed by atoms with van der Waals surface area (Å²) in [5.74, 6) is 0.809.